The van der Waals surface area contributed by atoms with Crippen molar-refractivity contribution < 1.29 is 9.59 Å². The molecule has 6 nitrogen and oxygen atoms in total. The number of carbonyl (C=O) groups excluding carboxylic acids is 2. The quantitative estimate of drug-likeness (QED) is 0.707. The highest BCUT2D eigenvalue weighted by molar-refractivity contribution is 5.81. The first-order valence-corrected chi connectivity index (χ1v) is 10.8. The Morgan fingerprint density at radius 3 is 2.18 bits per heavy atom. The Bertz CT molecular complexity index is 608. The SMILES string of the molecule is O=C(CCC1CCCCC1)NNC(=O)CCN1CCN(c2ccccc2)CC1. The summed E-state index contributed by atoms with van der Waals surface area (Å²) in [5, 5.41) is 0. The molecule has 154 valence electrons. The lowest BCUT2D eigenvalue weighted by atomic mass is 9.86. The fourth-order valence-electron chi connectivity index (χ4n) is 4.20. The monoisotopic (exact) mass is 386 g/mol. The van der Waals surface area contributed by atoms with E-state index in [1.165, 1.54) is 37.8 Å². The summed E-state index contributed by atoms with van der Waals surface area (Å²) in [6.45, 7) is 4.59. The van der Waals surface area contributed by atoms with E-state index in [1.807, 2.05) is 6.07 Å². The van der Waals surface area contributed by atoms with Gasteiger partial charge in [0.1, 0.15) is 0 Å². The van der Waals surface area contributed by atoms with Gasteiger partial charge in [0.2, 0.25) is 11.8 Å². The minimum atomic E-state index is -0.114. The molecule has 0 atom stereocenters. The summed E-state index contributed by atoms with van der Waals surface area (Å²) in [5.74, 6) is 0.497. The maximum absolute atomic E-state index is 12.0. The summed E-state index contributed by atoms with van der Waals surface area (Å²) >= 11 is 0. The van der Waals surface area contributed by atoms with Crippen molar-refractivity contribution in [3.05, 3.63) is 30.3 Å². The van der Waals surface area contributed by atoms with Crippen molar-refractivity contribution in [1.29, 1.82) is 0 Å². The van der Waals surface area contributed by atoms with Crippen LogP contribution in [0, 0.1) is 5.92 Å². The van der Waals surface area contributed by atoms with E-state index in [9.17, 15) is 9.59 Å². The largest absolute Gasteiger partial charge is 0.369 e. The van der Waals surface area contributed by atoms with Crippen molar-refractivity contribution in [2.45, 2.75) is 51.4 Å². The van der Waals surface area contributed by atoms with Gasteiger partial charge in [-0.1, -0.05) is 50.3 Å². The molecule has 0 spiro atoms. The molecule has 2 aliphatic rings. The van der Waals surface area contributed by atoms with Crippen molar-refractivity contribution in [2.24, 2.45) is 5.92 Å². The molecule has 0 bridgehead atoms. The lowest BCUT2D eigenvalue weighted by molar-refractivity contribution is -0.129. The van der Waals surface area contributed by atoms with Gasteiger partial charge < -0.3 is 4.90 Å². The minimum Gasteiger partial charge on any atom is -0.369 e. The zero-order valence-corrected chi connectivity index (χ0v) is 16.9. The molecule has 1 aromatic carbocycles. The van der Waals surface area contributed by atoms with Gasteiger partial charge in [0.15, 0.2) is 0 Å². The van der Waals surface area contributed by atoms with E-state index < -0.39 is 0 Å². The van der Waals surface area contributed by atoms with Gasteiger partial charge in [0, 0.05) is 51.3 Å². The molecule has 1 saturated carbocycles. The van der Waals surface area contributed by atoms with Crippen molar-refractivity contribution in [1.82, 2.24) is 15.8 Å². The van der Waals surface area contributed by atoms with Crippen molar-refractivity contribution in [2.75, 3.05) is 37.6 Å². The standard InChI is InChI=1S/C22H34N4O2/c27-21(12-11-19-7-3-1-4-8-19)23-24-22(28)13-14-25-15-17-26(18-16-25)20-9-5-2-6-10-20/h2,5-6,9-10,19H,1,3-4,7-8,11-18H2,(H,23,27)(H,24,28). The smallest absolute Gasteiger partial charge is 0.239 e. The maximum Gasteiger partial charge on any atom is 0.239 e. The van der Waals surface area contributed by atoms with Crippen LogP contribution in [0.1, 0.15) is 51.4 Å². The number of anilines is 1. The molecule has 0 unspecified atom stereocenters. The first-order chi connectivity index (χ1) is 13.7. The summed E-state index contributed by atoms with van der Waals surface area (Å²) < 4.78 is 0. The third-order valence-corrected chi connectivity index (χ3v) is 5.99. The lowest BCUT2D eigenvalue weighted by Gasteiger charge is -2.36. The number of nitrogens with one attached hydrogen (secondary N) is 2. The Kier molecular flexibility index (Phi) is 8.15. The van der Waals surface area contributed by atoms with E-state index in [0.717, 1.165) is 39.1 Å². The maximum atomic E-state index is 12.0. The number of carbonyl (C=O) groups is 2. The van der Waals surface area contributed by atoms with E-state index in [1.54, 1.807) is 0 Å². The van der Waals surface area contributed by atoms with Crippen molar-refractivity contribution in [3.8, 4) is 0 Å². The van der Waals surface area contributed by atoms with Gasteiger partial charge in [-0.15, -0.1) is 0 Å². The Hall–Kier alpha value is -2.08. The number of hydrazine groups is 1. The van der Waals surface area contributed by atoms with Crippen LogP contribution in [0.5, 0.6) is 0 Å². The third kappa shape index (κ3) is 6.82. The molecular weight excluding hydrogens is 352 g/mol. The van der Waals surface area contributed by atoms with Crippen LogP contribution in [0.2, 0.25) is 0 Å². The zero-order chi connectivity index (χ0) is 19.6. The number of nitrogens with zero attached hydrogens (tertiary/aromatic N) is 2. The van der Waals surface area contributed by atoms with Crippen LogP contribution in [-0.4, -0.2) is 49.4 Å². The lowest BCUT2D eigenvalue weighted by Crippen LogP contribution is -2.48. The summed E-state index contributed by atoms with van der Waals surface area (Å²) in [5.41, 5.74) is 6.40. The highest BCUT2D eigenvalue weighted by Crippen LogP contribution is 2.27. The summed E-state index contributed by atoms with van der Waals surface area (Å²) in [4.78, 5) is 28.6. The predicted molar refractivity (Wildman–Crippen MR) is 112 cm³/mol. The number of hydrogen-bond donors (Lipinski definition) is 2. The number of benzene rings is 1. The molecule has 0 radical (unpaired) electrons. The molecule has 28 heavy (non-hydrogen) atoms. The van der Waals surface area contributed by atoms with Crippen LogP contribution >= 0.6 is 0 Å². The van der Waals surface area contributed by atoms with Gasteiger partial charge in [-0.2, -0.15) is 0 Å². The molecular formula is C22H34N4O2. The van der Waals surface area contributed by atoms with Gasteiger partial charge in [0.25, 0.3) is 0 Å². The molecule has 2 amide bonds. The number of rotatable bonds is 7. The first kappa shape index (κ1) is 20.6. The van der Waals surface area contributed by atoms with Crippen molar-refractivity contribution in [3.63, 3.8) is 0 Å². The zero-order valence-electron chi connectivity index (χ0n) is 16.9. The average Bonchev–Trinajstić information content (AvgIpc) is 2.76. The molecule has 1 aliphatic heterocycles. The van der Waals surface area contributed by atoms with Gasteiger partial charge in [-0.05, 0) is 24.5 Å². The van der Waals surface area contributed by atoms with E-state index >= 15 is 0 Å². The average molecular weight is 387 g/mol. The molecule has 6 heteroatoms. The van der Waals surface area contributed by atoms with E-state index in [0.29, 0.717) is 18.8 Å². The highest BCUT2D eigenvalue weighted by Gasteiger charge is 2.18. The Morgan fingerprint density at radius 1 is 0.857 bits per heavy atom. The molecule has 1 aliphatic carbocycles. The number of hydrogen-bond acceptors (Lipinski definition) is 4. The minimum absolute atomic E-state index is 0.0737. The molecule has 1 aromatic rings. The van der Waals surface area contributed by atoms with Crippen LogP contribution in [-0.2, 0) is 9.59 Å². The van der Waals surface area contributed by atoms with Crippen LogP contribution in [0.4, 0.5) is 5.69 Å². The Balaban J connectivity index is 1.25. The number of para-hydroxylation sites is 1. The molecule has 1 saturated heterocycles. The Labute approximate surface area is 168 Å². The van der Waals surface area contributed by atoms with E-state index in [2.05, 4.69) is 44.9 Å². The van der Waals surface area contributed by atoms with Crippen LogP contribution < -0.4 is 15.8 Å². The van der Waals surface area contributed by atoms with Gasteiger partial charge in [-0.25, -0.2) is 0 Å². The van der Waals surface area contributed by atoms with Crippen LogP contribution in [0.3, 0.4) is 0 Å². The Morgan fingerprint density at radius 2 is 1.50 bits per heavy atom. The summed E-state index contributed by atoms with van der Waals surface area (Å²) in [6.07, 6.45) is 8.27. The number of piperazine rings is 1. The molecule has 0 aromatic heterocycles. The van der Waals surface area contributed by atoms with Crippen LogP contribution in [0.25, 0.3) is 0 Å². The predicted octanol–water partition coefficient (Wildman–Crippen LogP) is 2.71. The third-order valence-electron chi connectivity index (χ3n) is 5.99. The molecule has 2 fully saturated rings. The highest BCUT2D eigenvalue weighted by atomic mass is 16.2. The molecule has 2 N–H and O–H groups in total. The molecule has 1 heterocycles. The number of amides is 2. The van der Waals surface area contributed by atoms with Gasteiger partial charge in [-0.3, -0.25) is 25.3 Å². The second-order valence-electron chi connectivity index (χ2n) is 8.05. The summed E-state index contributed by atoms with van der Waals surface area (Å²) in [6, 6.07) is 10.4. The fraction of sp³-hybridized carbons (Fsp3) is 0.636. The normalized spacial score (nSPS) is 18.6. The first-order valence-electron chi connectivity index (χ1n) is 10.8. The van der Waals surface area contributed by atoms with Gasteiger partial charge in [0.05, 0.1) is 0 Å². The topological polar surface area (TPSA) is 64.7 Å². The van der Waals surface area contributed by atoms with Crippen LogP contribution in [0.15, 0.2) is 30.3 Å². The van der Waals surface area contributed by atoms with Gasteiger partial charge >= 0.3 is 0 Å². The summed E-state index contributed by atoms with van der Waals surface area (Å²) in [7, 11) is 0. The second kappa shape index (κ2) is 11.1. The van der Waals surface area contributed by atoms with E-state index in [-0.39, 0.29) is 11.8 Å². The molecule has 3 rings (SSSR count). The van der Waals surface area contributed by atoms with E-state index in [4.69, 9.17) is 0 Å². The van der Waals surface area contributed by atoms with Crippen molar-refractivity contribution >= 4 is 17.5 Å². The second-order valence-corrected chi connectivity index (χ2v) is 8.05. The fourth-order valence-corrected chi connectivity index (χ4v) is 4.20.